The Bertz CT molecular complexity index is 617. The first-order valence-corrected chi connectivity index (χ1v) is 4.93. The third-order valence-corrected chi connectivity index (χ3v) is 2.43. The van der Waals surface area contributed by atoms with Gasteiger partial charge in [0.2, 0.25) is 5.82 Å². The minimum Gasteiger partial charge on any atom is -0.478 e. The number of aryl methyl sites for hydroxylation is 1. The normalized spacial score (nSPS) is 10.6. The molecule has 0 spiro atoms. The Labute approximate surface area is 95.5 Å². The van der Waals surface area contributed by atoms with Crippen LogP contribution in [0.1, 0.15) is 23.1 Å². The summed E-state index contributed by atoms with van der Waals surface area (Å²) in [6.07, 6.45) is 1.83. The lowest BCUT2D eigenvalue weighted by Crippen LogP contribution is -2.00. The number of nitrogens with zero attached hydrogens (tertiary/aromatic N) is 3. The molecule has 0 aliphatic carbocycles. The van der Waals surface area contributed by atoms with Crippen molar-refractivity contribution < 1.29 is 14.8 Å². The van der Waals surface area contributed by atoms with E-state index < -0.39 is 10.9 Å². The Hall–Kier alpha value is -2.44. The van der Waals surface area contributed by atoms with Crippen LogP contribution < -0.4 is 0 Å². The van der Waals surface area contributed by atoms with E-state index in [2.05, 4.69) is 4.98 Å². The summed E-state index contributed by atoms with van der Waals surface area (Å²) in [7, 11) is 0. The fraction of sp³-hybridized carbons (Fsp3) is 0.200. The van der Waals surface area contributed by atoms with Gasteiger partial charge in [-0.1, -0.05) is 6.92 Å². The Kier molecular flexibility index (Phi) is 2.51. The van der Waals surface area contributed by atoms with Gasteiger partial charge in [-0.3, -0.25) is 4.40 Å². The maximum absolute atomic E-state index is 10.8. The molecule has 1 N–H and O–H groups in total. The van der Waals surface area contributed by atoms with Crippen LogP contribution in [0, 0.1) is 10.1 Å². The van der Waals surface area contributed by atoms with Crippen molar-refractivity contribution in [2.45, 2.75) is 13.3 Å². The zero-order valence-corrected chi connectivity index (χ0v) is 8.95. The van der Waals surface area contributed by atoms with Crippen LogP contribution in [0.15, 0.2) is 18.3 Å². The third-order valence-electron chi connectivity index (χ3n) is 2.43. The van der Waals surface area contributed by atoms with Crippen LogP contribution in [0.2, 0.25) is 0 Å². The monoisotopic (exact) mass is 235 g/mol. The van der Waals surface area contributed by atoms with E-state index >= 15 is 0 Å². The molecule has 0 unspecified atom stereocenters. The van der Waals surface area contributed by atoms with Crippen molar-refractivity contribution in [3.8, 4) is 0 Å². The molecule has 2 heterocycles. The number of carboxylic acid groups (broad SMARTS) is 1. The lowest BCUT2D eigenvalue weighted by molar-refractivity contribution is -0.387. The second-order valence-corrected chi connectivity index (χ2v) is 3.44. The molecular formula is C10H9N3O4. The lowest BCUT2D eigenvalue weighted by Gasteiger charge is -1.97. The summed E-state index contributed by atoms with van der Waals surface area (Å²) in [4.78, 5) is 24.9. The van der Waals surface area contributed by atoms with Crippen molar-refractivity contribution in [3.63, 3.8) is 0 Å². The van der Waals surface area contributed by atoms with Crippen molar-refractivity contribution in [2.75, 3.05) is 0 Å². The van der Waals surface area contributed by atoms with Crippen LogP contribution in [-0.2, 0) is 6.42 Å². The summed E-state index contributed by atoms with van der Waals surface area (Å²) in [5.41, 5.74) is 0.372. The first-order chi connectivity index (χ1) is 8.04. The lowest BCUT2D eigenvalue weighted by atomic mass is 10.2. The van der Waals surface area contributed by atoms with Gasteiger partial charge in [0.05, 0.1) is 5.56 Å². The third kappa shape index (κ3) is 1.71. The highest BCUT2D eigenvalue weighted by Gasteiger charge is 2.21. The van der Waals surface area contributed by atoms with E-state index in [-0.39, 0.29) is 11.4 Å². The molecular weight excluding hydrogens is 226 g/mol. The molecule has 2 rings (SSSR count). The van der Waals surface area contributed by atoms with E-state index in [9.17, 15) is 14.9 Å². The largest absolute Gasteiger partial charge is 0.478 e. The number of nitro groups is 1. The second kappa shape index (κ2) is 3.85. The van der Waals surface area contributed by atoms with Gasteiger partial charge in [0.25, 0.3) is 0 Å². The smallest absolute Gasteiger partial charge is 0.389 e. The highest BCUT2D eigenvalue weighted by atomic mass is 16.6. The zero-order valence-electron chi connectivity index (χ0n) is 8.95. The maximum atomic E-state index is 10.8. The number of aromatic nitrogens is 2. The number of fused-ring (bicyclic) bond motifs is 1. The van der Waals surface area contributed by atoms with E-state index in [1.807, 2.05) is 0 Å². The number of imidazole rings is 1. The van der Waals surface area contributed by atoms with E-state index in [1.165, 1.54) is 22.7 Å². The number of rotatable bonds is 3. The van der Waals surface area contributed by atoms with Gasteiger partial charge in [0.1, 0.15) is 5.52 Å². The Morgan fingerprint density at radius 2 is 2.29 bits per heavy atom. The molecule has 0 amide bonds. The van der Waals surface area contributed by atoms with Gasteiger partial charge in [-0.2, -0.15) is 0 Å². The summed E-state index contributed by atoms with van der Waals surface area (Å²) < 4.78 is 1.45. The van der Waals surface area contributed by atoms with Gasteiger partial charge >= 0.3 is 11.8 Å². The van der Waals surface area contributed by atoms with Crippen molar-refractivity contribution in [2.24, 2.45) is 0 Å². The molecule has 0 aliphatic heterocycles. The predicted octanol–water partition coefficient (Wildman–Crippen LogP) is 1.50. The molecule has 0 bridgehead atoms. The summed E-state index contributed by atoms with van der Waals surface area (Å²) in [6.45, 7) is 1.80. The molecule has 7 nitrogen and oxygen atoms in total. The average Bonchev–Trinajstić information content (AvgIpc) is 2.66. The second-order valence-electron chi connectivity index (χ2n) is 3.44. The van der Waals surface area contributed by atoms with Crippen molar-refractivity contribution >= 4 is 17.3 Å². The molecule has 7 heteroatoms. The average molecular weight is 235 g/mol. The van der Waals surface area contributed by atoms with Gasteiger partial charge in [-0.25, -0.2) is 4.79 Å². The van der Waals surface area contributed by atoms with Crippen LogP contribution in [-0.4, -0.2) is 25.4 Å². The zero-order chi connectivity index (χ0) is 12.6. The summed E-state index contributed by atoms with van der Waals surface area (Å²) in [6, 6.07) is 2.72. The molecule has 0 saturated heterocycles. The molecule has 0 saturated carbocycles. The molecule has 0 fully saturated rings. The van der Waals surface area contributed by atoms with Gasteiger partial charge < -0.3 is 15.2 Å². The van der Waals surface area contributed by atoms with Crippen molar-refractivity contribution in [1.82, 2.24) is 9.38 Å². The summed E-state index contributed by atoms with van der Waals surface area (Å²) in [5, 5.41) is 19.6. The quantitative estimate of drug-likeness (QED) is 0.642. The molecule has 88 valence electrons. The van der Waals surface area contributed by atoms with E-state index in [1.54, 1.807) is 6.92 Å². The number of pyridine rings is 1. The van der Waals surface area contributed by atoms with E-state index in [0.29, 0.717) is 17.8 Å². The molecule has 0 atom stereocenters. The topological polar surface area (TPSA) is 97.7 Å². The highest BCUT2D eigenvalue weighted by molar-refractivity contribution is 5.88. The number of aromatic carboxylic acids is 1. The van der Waals surface area contributed by atoms with Crippen LogP contribution in [0.25, 0.3) is 5.52 Å². The van der Waals surface area contributed by atoms with Gasteiger partial charge in [0, 0.05) is 12.6 Å². The summed E-state index contributed by atoms with van der Waals surface area (Å²) in [5.74, 6) is -0.862. The molecule has 2 aromatic rings. The van der Waals surface area contributed by atoms with Gasteiger partial charge in [-0.05, 0) is 22.0 Å². The molecule has 0 aliphatic rings. The fourth-order valence-corrected chi connectivity index (χ4v) is 1.64. The summed E-state index contributed by atoms with van der Waals surface area (Å²) >= 11 is 0. The van der Waals surface area contributed by atoms with Crippen molar-refractivity contribution in [1.29, 1.82) is 0 Å². The van der Waals surface area contributed by atoms with Crippen LogP contribution in [0.3, 0.4) is 0 Å². The highest BCUT2D eigenvalue weighted by Crippen LogP contribution is 2.21. The van der Waals surface area contributed by atoms with E-state index in [0.717, 1.165) is 0 Å². The first-order valence-electron chi connectivity index (χ1n) is 4.93. The fourth-order valence-electron chi connectivity index (χ4n) is 1.64. The van der Waals surface area contributed by atoms with Crippen LogP contribution in [0.4, 0.5) is 5.82 Å². The minimum atomic E-state index is -1.08. The first kappa shape index (κ1) is 11.1. The Morgan fingerprint density at radius 1 is 1.59 bits per heavy atom. The van der Waals surface area contributed by atoms with Gasteiger partial charge in [0.15, 0.2) is 0 Å². The van der Waals surface area contributed by atoms with Crippen LogP contribution >= 0.6 is 0 Å². The Balaban J connectivity index is 2.76. The molecule has 2 aromatic heterocycles. The van der Waals surface area contributed by atoms with Crippen LogP contribution in [0.5, 0.6) is 0 Å². The van der Waals surface area contributed by atoms with E-state index in [4.69, 9.17) is 5.11 Å². The SMILES string of the molecule is CCc1nc([N+](=O)[O-])c2ccc(C(=O)O)cn12. The number of carbonyl (C=O) groups is 1. The number of hydrogen-bond donors (Lipinski definition) is 1. The maximum Gasteiger partial charge on any atom is 0.389 e. The molecule has 0 radical (unpaired) electrons. The Morgan fingerprint density at radius 3 is 2.82 bits per heavy atom. The number of carboxylic acids is 1. The van der Waals surface area contributed by atoms with Crippen molar-refractivity contribution in [3.05, 3.63) is 39.8 Å². The molecule has 0 aromatic carbocycles. The standard InChI is InChI=1S/C10H9N3O4/c1-2-8-11-9(13(16)17)7-4-3-6(10(14)15)5-12(7)8/h3-5H,2H2,1H3,(H,14,15). The predicted molar refractivity (Wildman–Crippen MR) is 58.2 cm³/mol. The minimum absolute atomic E-state index is 0.0690. The van der Waals surface area contributed by atoms with Gasteiger partial charge in [-0.15, -0.1) is 0 Å². The number of hydrogen-bond acceptors (Lipinski definition) is 4. The molecule has 17 heavy (non-hydrogen) atoms.